The maximum absolute atomic E-state index is 16.6. The molecule has 23 aromatic rings. The molecular formula is C132H134N8O2. The second-order valence-corrected chi connectivity index (χ2v) is 49.6. The molecule has 8 aromatic heterocycles. The van der Waals surface area contributed by atoms with E-state index in [0.717, 1.165) is 170 Å². The summed E-state index contributed by atoms with van der Waals surface area (Å²) in [7, 11) is 0. The second kappa shape index (κ2) is 31.8. The molecule has 0 spiro atoms. The van der Waals surface area contributed by atoms with Crippen LogP contribution < -0.4 is 10.9 Å². The summed E-state index contributed by atoms with van der Waals surface area (Å²) in [5, 5.41) is 16.8. The summed E-state index contributed by atoms with van der Waals surface area (Å²) in [6, 6.07) is 102. The van der Waals surface area contributed by atoms with E-state index in [4.69, 9.17) is 0 Å². The van der Waals surface area contributed by atoms with E-state index in [2.05, 4.69) is 483 Å². The highest BCUT2D eigenvalue weighted by atomic mass is 16.1. The Kier molecular flexibility index (Phi) is 20.5. The minimum Gasteiger partial charge on any atom is -0.340 e. The van der Waals surface area contributed by atoms with Gasteiger partial charge in [0.2, 0.25) is 0 Å². The van der Waals surface area contributed by atoms with Crippen LogP contribution in [0.3, 0.4) is 0 Å². The first-order valence-corrected chi connectivity index (χ1v) is 51.9. The van der Waals surface area contributed by atoms with Crippen LogP contribution >= 0.6 is 0 Å². The van der Waals surface area contributed by atoms with Gasteiger partial charge >= 0.3 is 0 Å². The van der Waals surface area contributed by atoms with E-state index in [1.54, 1.807) is 0 Å². The number of fused-ring (bicyclic) bond motifs is 22. The Morgan fingerprint density at radius 2 is 0.303 bits per heavy atom. The summed E-state index contributed by atoms with van der Waals surface area (Å²) >= 11 is 0. The van der Waals surface area contributed by atoms with Gasteiger partial charge in [0.25, 0.3) is 0 Å². The van der Waals surface area contributed by atoms with Gasteiger partial charge in [0.05, 0.1) is 88.3 Å². The summed E-state index contributed by atoms with van der Waals surface area (Å²) in [6.07, 6.45) is 3.58. The van der Waals surface area contributed by atoms with Gasteiger partial charge in [-0.1, -0.05) is 241 Å². The van der Waals surface area contributed by atoms with Gasteiger partial charge in [0, 0.05) is 133 Å². The average Bonchev–Trinajstić information content (AvgIpc) is 1.36. The topological polar surface area (TPSA) is 73.6 Å². The molecule has 0 unspecified atom stereocenters. The van der Waals surface area contributed by atoms with Crippen LogP contribution in [0.5, 0.6) is 0 Å². The quantitative estimate of drug-likeness (QED) is 0.114. The lowest BCUT2D eigenvalue weighted by molar-refractivity contribution is 0.590. The zero-order valence-electron chi connectivity index (χ0n) is 88.0. The molecule has 0 saturated carbocycles. The van der Waals surface area contributed by atoms with Crippen molar-refractivity contribution in [2.75, 3.05) is 0 Å². The molecule has 142 heavy (non-hydrogen) atoms. The molecule has 0 saturated heterocycles. The van der Waals surface area contributed by atoms with E-state index in [1.165, 1.54) is 87.6 Å². The highest BCUT2D eigenvalue weighted by Crippen LogP contribution is 2.49. The SMILES string of the molecule is CCCCn1c2ccc(-n3c4ccc(-n5c6ccc(C(C)(C)C)cc6c6cc(C(C)(C)C)ccc65)cc4c4cc(-n5c6ccc(C(C)(C)C)cc6c6cc(C(C)(C)C)ccc65)ccc43)cc2c(=O)c2cc3c(cc21)c(=O)c1cc(-n2c4ccc(-n5c6ccc(C(C)(C)C)cc6c6cc(C(C)(C)C)ccc65)cc4c4cc(-n5c6ccc(C(C)(C)C)cc6c6cc(C(C)(C)C)ccc65)ccc42)ccc1n3CCCC. The lowest BCUT2D eigenvalue weighted by atomic mass is 9.85. The van der Waals surface area contributed by atoms with Crippen LogP contribution in [-0.4, -0.2) is 36.5 Å². The van der Waals surface area contributed by atoms with Crippen molar-refractivity contribution < 1.29 is 0 Å². The maximum atomic E-state index is 16.6. The van der Waals surface area contributed by atoms with Crippen molar-refractivity contribution in [3.05, 3.63) is 332 Å². The van der Waals surface area contributed by atoms with Gasteiger partial charge in [-0.05, 0) is 319 Å². The number of rotatable bonds is 12. The first kappa shape index (κ1) is 91.8. The van der Waals surface area contributed by atoms with Crippen LogP contribution in [-0.2, 0) is 56.4 Å². The smallest absolute Gasteiger partial charge is 0.197 e. The van der Waals surface area contributed by atoms with Crippen molar-refractivity contribution in [2.45, 2.75) is 262 Å². The lowest BCUT2D eigenvalue weighted by Crippen LogP contribution is -2.16. The Morgan fingerprint density at radius 1 is 0.162 bits per heavy atom. The normalized spacial score (nSPS) is 13.4. The third-order valence-electron chi connectivity index (χ3n) is 31.7. The number of hydrogen-bond donors (Lipinski definition) is 0. The lowest BCUT2D eigenvalue weighted by Gasteiger charge is -2.20. The molecule has 0 atom stereocenters. The van der Waals surface area contributed by atoms with E-state index in [0.29, 0.717) is 34.6 Å². The molecule has 0 aliphatic rings. The molecule has 0 amide bonds. The van der Waals surface area contributed by atoms with Gasteiger partial charge in [0.1, 0.15) is 0 Å². The highest BCUT2D eigenvalue weighted by molar-refractivity contribution is 6.18. The zero-order chi connectivity index (χ0) is 99.7. The zero-order valence-corrected chi connectivity index (χ0v) is 88.0. The number of aryl methyl sites for hydroxylation is 2. The standard InChI is InChI=1S/C132H134N8O2/c1-27-29-59-133-107-53-39-89(139-117-55-41-85(135-109-45-31-77(125(3,4)5)61-91(109)92-62-78(126(6,7)8)32-46-110(92)135)69-99(117)100-70-86(42-56-118(100)139)136-111-47-33-79(127(9,10)11)63-93(111)94-64-80(128(12,13)14)34-48-112(94)136)73-103(107)123(141)105-76-122-106(75-121(105)133)124(142)104-74-90(40-54-108(104)134(122)60-30-28-2)140-119-57-43-87(137-113-49-35-81(129(15,16)17)65-95(113)96-66-82(130(18,19)20)36-50-114(96)137)71-101(119)102-72-88(44-58-120(102)140)138-115-51-37-83(131(21,22)23)67-97(115)98-68-84(132(24,25)26)38-52-116(98)138/h31-58,61-76H,27-30,59-60H2,1-26H3. The van der Waals surface area contributed by atoms with E-state index in [1.807, 2.05) is 0 Å². The van der Waals surface area contributed by atoms with Crippen LogP contribution in [0.1, 0.15) is 250 Å². The minimum absolute atomic E-state index is 0.0581. The van der Waals surface area contributed by atoms with Crippen molar-refractivity contribution >= 4 is 174 Å². The van der Waals surface area contributed by atoms with Crippen molar-refractivity contribution in [1.82, 2.24) is 36.5 Å². The maximum Gasteiger partial charge on any atom is 0.197 e. The van der Waals surface area contributed by atoms with Gasteiger partial charge < -0.3 is 36.5 Å². The largest absolute Gasteiger partial charge is 0.340 e. The molecule has 0 aliphatic heterocycles. The molecule has 23 rings (SSSR count). The summed E-state index contributed by atoms with van der Waals surface area (Å²) < 4.78 is 19.4. The molecule has 15 aromatic carbocycles. The Bertz CT molecular complexity index is 8250. The molecule has 10 heteroatoms. The average molecular weight is 1860 g/mol. The van der Waals surface area contributed by atoms with E-state index in [-0.39, 0.29) is 54.2 Å². The Hall–Kier alpha value is -14.0. The number of unbranched alkanes of at least 4 members (excludes halogenated alkanes) is 2. The molecule has 0 bridgehead atoms. The number of nitrogens with zero attached hydrogens (tertiary/aromatic N) is 8. The Labute approximate surface area is 833 Å². The monoisotopic (exact) mass is 1860 g/mol. The van der Waals surface area contributed by atoms with Crippen LogP contribution in [0.25, 0.3) is 209 Å². The number of pyridine rings is 2. The first-order valence-electron chi connectivity index (χ1n) is 51.9. The van der Waals surface area contributed by atoms with Gasteiger partial charge in [-0.25, -0.2) is 0 Å². The molecule has 0 N–H and O–H groups in total. The van der Waals surface area contributed by atoms with Gasteiger partial charge in [-0.3, -0.25) is 9.59 Å². The highest BCUT2D eigenvalue weighted by Gasteiger charge is 2.32. The van der Waals surface area contributed by atoms with Crippen molar-refractivity contribution in [3.8, 4) is 34.1 Å². The molecule has 0 fully saturated rings. The minimum atomic E-state index is -0.0642. The summed E-state index contributed by atoms with van der Waals surface area (Å²) in [5.41, 5.74) is 32.5. The molecule has 714 valence electrons. The van der Waals surface area contributed by atoms with Gasteiger partial charge in [-0.2, -0.15) is 0 Å². The fourth-order valence-corrected chi connectivity index (χ4v) is 23.3. The van der Waals surface area contributed by atoms with E-state index in [9.17, 15) is 0 Å². The van der Waals surface area contributed by atoms with E-state index >= 15 is 9.59 Å². The van der Waals surface area contributed by atoms with Gasteiger partial charge in [-0.15, -0.1) is 0 Å². The number of benzene rings is 15. The number of aromatic nitrogens is 8. The molecule has 0 aliphatic carbocycles. The van der Waals surface area contributed by atoms with Crippen LogP contribution in [0.2, 0.25) is 0 Å². The summed E-state index contributed by atoms with van der Waals surface area (Å²) in [4.78, 5) is 33.2. The predicted molar refractivity (Wildman–Crippen MR) is 610 cm³/mol. The van der Waals surface area contributed by atoms with Crippen LogP contribution in [0.15, 0.2) is 277 Å². The van der Waals surface area contributed by atoms with Crippen LogP contribution in [0, 0.1) is 0 Å². The Morgan fingerprint density at radius 3 is 0.465 bits per heavy atom. The predicted octanol–water partition coefficient (Wildman–Crippen LogP) is 35.2. The summed E-state index contributed by atoms with van der Waals surface area (Å²) in [6.45, 7) is 61.2. The third kappa shape index (κ3) is 14.5. The first-order chi connectivity index (χ1) is 67.2. The fourth-order valence-electron chi connectivity index (χ4n) is 23.3. The van der Waals surface area contributed by atoms with Crippen molar-refractivity contribution in [1.29, 1.82) is 0 Å². The molecule has 8 heterocycles. The van der Waals surface area contributed by atoms with E-state index < -0.39 is 0 Å². The molecule has 10 nitrogen and oxygen atoms in total. The Balaban J connectivity index is 0.726. The van der Waals surface area contributed by atoms with Crippen LogP contribution in [0.4, 0.5) is 0 Å². The summed E-state index contributed by atoms with van der Waals surface area (Å²) in [5.74, 6) is 0. The van der Waals surface area contributed by atoms with Crippen molar-refractivity contribution in [2.24, 2.45) is 0 Å². The number of hydrogen-bond acceptors (Lipinski definition) is 2. The van der Waals surface area contributed by atoms with Crippen molar-refractivity contribution in [3.63, 3.8) is 0 Å². The fraction of sp³-hybridized carbons (Fsp3) is 0.303. The second-order valence-electron chi connectivity index (χ2n) is 49.6. The molecule has 0 radical (unpaired) electrons. The molecular weight excluding hydrogens is 1730 g/mol. The third-order valence-corrected chi connectivity index (χ3v) is 31.7. The van der Waals surface area contributed by atoms with Gasteiger partial charge in [0.15, 0.2) is 10.9 Å².